The number of halogens is 2. The molecule has 0 unspecified atom stereocenters. The minimum atomic E-state index is -0.110. The maximum atomic E-state index is 13.8. The number of carbonyl (C=O) groups excluding carboxylic acids is 1. The van der Waals surface area contributed by atoms with E-state index in [0.29, 0.717) is 19.1 Å². The number of hydrogen-bond acceptors (Lipinski definition) is 4. The zero-order valence-electron chi connectivity index (χ0n) is 23.0. The normalized spacial score (nSPS) is 28.8. The summed E-state index contributed by atoms with van der Waals surface area (Å²) in [5, 5.41) is 3.54. The van der Waals surface area contributed by atoms with E-state index in [0.717, 1.165) is 76.3 Å². The highest BCUT2D eigenvalue weighted by Crippen LogP contribution is 2.60. The maximum Gasteiger partial charge on any atom is 0.226 e. The SMILES string of the molecule is Cl.Cl.O=C(N[C@@H](COCc1ccccc1)CN1CCN(Cc2ccccc2)CC1)C12CC3CC(CC(C3)C1)C2. The third kappa shape index (κ3) is 7.56. The van der Waals surface area contributed by atoms with Gasteiger partial charge in [-0.1, -0.05) is 60.7 Å². The van der Waals surface area contributed by atoms with E-state index >= 15 is 0 Å². The van der Waals surface area contributed by atoms with E-state index in [9.17, 15) is 4.79 Å². The molecule has 0 radical (unpaired) electrons. The molecule has 5 nitrogen and oxygen atoms in total. The summed E-state index contributed by atoms with van der Waals surface area (Å²) in [6.45, 7) is 7.25. The number of nitrogens with one attached hydrogen (secondary N) is 1. The van der Waals surface area contributed by atoms with Crippen LogP contribution in [0, 0.1) is 23.2 Å². The van der Waals surface area contributed by atoms with Gasteiger partial charge in [-0.3, -0.25) is 14.6 Å². The standard InChI is InChI=1S/C32H43N3O2.2ClH/c36-31(32-18-27-15-28(19-32)17-29(16-27)20-32)33-30(24-37-23-26-9-5-2-6-10-26)22-35-13-11-34(12-14-35)21-25-7-3-1-4-8-25;;/h1-10,27-30H,11-24H2,(H,33,36);2*1H/t27?,28?,29?,30-,32?;;/m1../s1. The van der Waals surface area contributed by atoms with Crippen molar-refractivity contribution in [3.05, 3.63) is 71.8 Å². The van der Waals surface area contributed by atoms with Gasteiger partial charge in [0.1, 0.15) is 0 Å². The van der Waals surface area contributed by atoms with Crippen LogP contribution >= 0.6 is 24.8 Å². The van der Waals surface area contributed by atoms with E-state index in [4.69, 9.17) is 4.74 Å². The fourth-order valence-corrected chi connectivity index (χ4v) is 8.04. The van der Waals surface area contributed by atoms with Crippen LogP contribution in [0.4, 0.5) is 0 Å². The number of hydrogen-bond donors (Lipinski definition) is 1. The average Bonchev–Trinajstić information content (AvgIpc) is 2.90. The van der Waals surface area contributed by atoms with Crippen molar-refractivity contribution in [3.8, 4) is 0 Å². The minimum absolute atomic E-state index is 0. The molecule has 4 bridgehead atoms. The zero-order valence-corrected chi connectivity index (χ0v) is 24.6. The van der Waals surface area contributed by atoms with E-state index in [2.05, 4.69) is 69.7 Å². The first-order valence-corrected chi connectivity index (χ1v) is 14.5. The second kappa shape index (κ2) is 13.8. The molecule has 4 aliphatic carbocycles. The monoisotopic (exact) mass is 573 g/mol. The Labute approximate surface area is 246 Å². The fourth-order valence-electron chi connectivity index (χ4n) is 8.04. The van der Waals surface area contributed by atoms with Crippen molar-refractivity contribution < 1.29 is 9.53 Å². The van der Waals surface area contributed by atoms with Crippen molar-refractivity contribution in [2.24, 2.45) is 23.2 Å². The molecule has 7 heteroatoms. The summed E-state index contributed by atoms with van der Waals surface area (Å²) in [5.41, 5.74) is 2.45. The Kier molecular flexibility index (Phi) is 10.8. The van der Waals surface area contributed by atoms with Crippen molar-refractivity contribution in [2.45, 2.75) is 57.7 Å². The van der Waals surface area contributed by atoms with Crippen LogP contribution in [0.2, 0.25) is 0 Å². The van der Waals surface area contributed by atoms with Gasteiger partial charge in [-0.15, -0.1) is 24.8 Å². The Balaban J connectivity index is 0.00000176. The van der Waals surface area contributed by atoms with Crippen LogP contribution in [0.3, 0.4) is 0 Å². The summed E-state index contributed by atoms with van der Waals surface area (Å²) in [6, 6.07) is 21.2. The van der Waals surface area contributed by atoms with Gasteiger partial charge < -0.3 is 10.1 Å². The molecule has 39 heavy (non-hydrogen) atoms. The minimum Gasteiger partial charge on any atom is -0.375 e. The Hall–Kier alpha value is -1.63. The zero-order chi connectivity index (χ0) is 25.1. The van der Waals surface area contributed by atoms with Gasteiger partial charge in [0.15, 0.2) is 0 Å². The fraction of sp³-hybridized carbons (Fsp3) is 0.594. The van der Waals surface area contributed by atoms with Crippen LogP contribution in [-0.2, 0) is 22.7 Å². The predicted octanol–water partition coefficient (Wildman–Crippen LogP) is 5.57. The van der Waals surface area contributed by atoms with E-state index in [1.54, 1.807) is 0 Å². The predicted molar refractivity (Wildman–Crippen MR) is 161 cm³/mol. The summed E-state index contributed by atoms with van der Waals surface area (Å²) in [4.78, 5) is 18.9. The molecule has 2 aromatic carbocycles. The first-order valence-electron chi connectivity index (χ1n) is 14.5. The van der Waals surface area contributed by atoms with Gasteiger partial charge in [0, 0.05) is 44.7 Å². The highest BCUT2D eigenvalue weighted by atomic mass is 35.5. The lowest BCUT2D eigenvalue weighted by Gasteiger charge is -2.56. The lowest BCUT2D eigenvalue weighted by atomic mass is 9.49. The molecule has 214 valence electrons. The first-order chi connectivity index (χ1) is 18.1. The van der Waals surface area contributed by atoms with Crippen LogP contribution in [-0.4, -0.2) is 61.1 Å². The summed E-state index contributed by atoms with van der Waals surface area (Å²) >= 11 is 0. The highest BCUT2D eigenvalue weighted by Gasteiger charge is 2.54. The van der Waals surface area contributed by atoms with Gasteiger partial charge in [-0.25, -0.2) is 0 Å². The smallest absolute Gasteiger partial charge is 0.226 e. The van der Waals surface area contributed by atoms with Crippen LogP contribution in [0.25, 0.3) is 0 Å². The van der Waals surface area contributed by atoms with Crippen molar-refractivity contribution in [2.75, 3.05) is 39.3 Å². The molecule has 1 saturated heterocycles. The quantitative estimate of drug-likeness (QED) is 0.404. The van der Waals surface area contributed by atoms with Gasteiger partial charge in [-0.2, -0.15) is 0 Å². The second-order valence-corrected chi connectivity index (χ2v) is 12.4. The van der Waals surface area contributed by atoms with E-state index in [1.807, 2.05) is 6.07 Å². The number of nitrogens with zero attached hydrogens (tertiary/aromatic N) is 2. The van der Waals surface area contributed by atoms with Crippen molar-refractivity contribution in [1.29, 1.82) is 0 Å². The molecule has 5 aliphatic rings. The van der Waals surface area contributed by atoms with Gasteiger partial charge >= 0.3 is 0 Å². The molecule has 0 spiro atoms. The molecule has 0 aromatic heterocycles. The molecular formula is C32H45Cl2N3O2. The Morgan fingerprint density at radius 1 is 0.795 bits per heavy atom. The van der Waals surface area contributed by atoms with E-state index in [1.165, 1.54) is 30.4 Å². The highest BCUT2D eigenvalue weighted by molar-refractivity contribution is 5.85. The Morgan fingerprint density at radius 3 is 1.87 bits per heavy atom. The van der Waals surface area contributed by atoms with E-state index < -0.39 is 0 Å². The second-order valence-electron chi connectivity index (χ2n) is 12.4. The lowest BCUT2D eigenvalue weighted by molar-refractivity contribution is -0.147. The molecule has 2 aromatic rings. The molecule has 1 amide bonds. The Bertz CT molecular complexity index is 995. The van der Waals surface area contributed by atoms with Gasteiger partial charge in [0.25, 0.3) is 0 Å². The number of rotatable bonds is 10. The van der Waals surface area contributed by atoms with Gasteiger partial charge in [-0.05, 0) is 67.4 Å². The molecule has 5 fully saturated rings. The molecule has 1 N–H and O–H groups in total. The molecule has 1 aliphatic heterocycles. The van der Waals surface area contributed by atoms with Crippen molar-refractivity contribution in [3.63, 3.8) is 0 Å². The number of piperazine rings is 1. The number of carbonyl (C=O) groups is 1. The van der Waals surface area contributed by atoms with Crippen LogP contribution < -0.4 is 5.32 Å². The van der Waals surface area contributed by atoms with Crippen LogP contribution in [0.5, 0.6) is 0 Å². The largest absolute Gasteiger partial charge is 0.375 e. The lowest BCUT2D eigenvalue weighted by Crippen LogP contribution is -2.58. The number of amides is 1. The van der Waals surface area contributed by atoms with Crippen molar-refractivity contribution in [1.82, 2.24) is 15.1 Å². The first kappa shape index (κ1) is 30.3. The van der Waals surface area contributed by atoms with Crippen molar-refractivity contribution >= 4 is 30.7 Å². The Morgan fingerprint density at radius 2 is 1.31 bits per heavy atom. The maximum absolute atomic E-state index is 13.8. The summed E-state index contributed by atoms with van der Waals surface area (Å²) in [5.74, 6) is 2.66. The number of benzene rings is 2. The molecular weight excluding hydrogens is 529 g/mol. The molecule has 1 atom stereocenters. The van der Waals surface area contributed by atoms with Gasteiger partial charge in [0.05, 0.1) is 19.3 Å². The molecule has 7 rings (SSSR count). The summed E-state index contributed by atoms with van der Waals surface area (Å²) in [7, 11) is 0. The third-order valence-electron chi connectivity index (χ3n) is 9.48. The summed E-state index contributed by atoms with van der Waals surface area (Å²) < 4.78 is 6.19. The topological polar surface area (TPSA) is 44.8 Å². The third-order valence-corrected chi connectivity index (χ3v) is 9.48. The van der Waals surface area contributed by atoms with E-state index in [-0.39, 0.29) is 36.3 Å². The summed E-state index contributed by atoms with van der Waals surface area (Å²) in [6.07, 6.45) is 7.43. The van der Waals surface area contributed by atoms with Crippen LogP contribution in [0.1, 0.15) is 49.7 Å². The van der Waals surface area contributed by atoms with Crippen LogP contribution in [0.15, 0.2) is 60.7 Å². The molecule has 4 saturated carbocycles. The number of ether oxygens (including phenoxy) is 1. The average molecular weight is 575 g/mol. The molecule has 1 heterocycles. The van der Waals surface area contributed by atoms with Gasteiger partial charge in [0.2, 0.25) is 5.91 Å².